The molecule has 0 fully saturated rings. The van der Waals surface area contributed by atoms with Gasteiger partial charge in [-0.2, -0.15) is 0 Å². The van der Waals surface area contributed by atoms with Crippen molar-refractivity contribution in [2.24, 2.45) is 0 Å². The lowest BCUT2D eigenvalue weighted by Crippen LogP contribution is -2.33. The maximum absolute atomic E-state index is 13.6. The van der Waals surface area contributed by atoms with E-state index in [1.54, 1.807) is 0 Å². The molecule has 0 radical (unpaired) electrons. The second-order valence-electron chi connectivity index (χ2n) is 8.62. The molecule has 5 heteroatoms. The summed E-state index contributed by atoms with van der Waals surface area (Å²) in [5.41, 5.74) is 4.37. The first kappa shape index (κ1) is 26.0. The smallest absolute Gasteiger partial charge is 0.407 e. The zero-order chi connectivity index (χ0) is 24.9. The predicted molar refractivity (Wildman–Crippen MR) is 141 cm³/mol. The molecule has 184 valence electrons. The first-order valence-corrected chi connectivity index (χ1v) is 12.5. The van der Waals surface area contributed by atoms with Gasteiger partial charge in [0.2, 0.25) is 0 Å². The number of ether oxygens (including phenoxy) is 1. The van der Waals surface area contributed by atoms with Crippen molar-refractivity contribution in [3.8, 4) is 11.1 Å². The molecule has 3 aromatic rings. The summed E-state index contributed by atoms with van der Waals surface area (Å²) >= 11 is 0. The predicted octanol–water partition coefficient (Wildman–Crippen LogP) is 6.82. The second-order valence-corrected chi connectivity index (χ2v) is 8.62. The van der Waals surface area contributed by atoms with E-state index in [0.717, 1.165) is 61.0 Å². The molecule has 3 rings (SSSR count). The molecule has 1 N–H and O–H groups in total. The van der Waals surface area contributed by atoms with Crippen LogP contribution >= 0.6 is 0 Å². The van der Waals surface area contributed by atoms with E-state index in [4.69, 9.17) is 4.74 Å². The molecule has 0 aliphatic rings. The topological polar surface area (TPSA) is 58.6 Å². The van der Waals surface area contributed by atoms with Crippen molar-refractivity contribution in [2.45, 2.75) is 52.7 Å². The van der Waals surface area contributed by atoms with E-state index in [-0.39, 0.29) is 12.5 Å². The fraction of sp³-hybridized carbons (Fsp3) is 0.333. The van der Waals surface area contributed by atoms with E-state index in [0.29, 0.717) is 12.1 Å². The highest BCUT2D eigenvalue weighted by Crippen LogP contribution is 2.28. The minimum atomic E-state index is -0.474. The molecule has 0 saturated heterocycles. The van der Waals surface area contributed by atoms with Gasteiger partial charge in [0.15, 0.2) is 0 Å². The summed E-state index contributed by atoms with van der Waals surface area (Å²) in [6.45, 7) is 6.34. The molecule has 2 amide bonds. The fourth-order valence-electron chi connectivity index (χ4n) is 3.97. The molecule has 0 spiro atoms. The van der Waals surface area contributed by atoms with Gasteiger partial charge in [-0.05, 0) is 41.2 Å². The molecule has 0 aliphatic heterocycles. The van der Waals surface area contributed by atoms with Crippen LogP contribution in [0, 0.1) is 0 Å². The highest BCUT2D eigenvalue weighted by Gasteiger charge is 2.20. The van der Waals surface area contributed by atoms with Crippen LogP contribution in [0.2, 0.25) is 0 Å². The van der Waals surface area contributed by atoms with Gasteiger partial charge in [-0.15, -0.1) is 0 Å². The number of alkyl carbamates (subject to hydrolysis) is 1. The number of carbonyl (C=O) groups excluding carboxylic acids is 2. The molecule has 0 aromatic heterocycles. The number of amides is 2. The average Bonchev–Trinajstić information content (AvgIpc) is 2.91. The molecular weight excluding hydrogens is 436 g/mol. The zero-order valence-electron chi connectivity index (χ0n) is 20.8. The molecule has 0 atom stereocenters. The van der Waals surface area contributed by atoms with Crippen molar-refractivity contribution in [2.75, 3.05) is 13.1 Å². The number of hydrogen-bond acceptors (Lipinski definition) is 3. The van der Waals surface area contributed by atoms with E-state index >= 15 is 0 Å². The molecule has 0 heterocycles. The van der Waals surface area contributed by atoms with E-state index in [2.05, 4.69) is 19.2 Å². The lowest BCUT2D eigenvalue weighted by Gasteiger charge is -2.24. The molecule has 0 aliphatic carbocycles. The van der Waals surface area contributed by atoms with Crippen LogP contribution in [0.1, 0.15) is 61.0 Å². The lowest BCUT2D eigenvalue weighted by atomic mass is 9.94. The summed E-state index contributed by atoms with van der Waals surface area (Å²) in [4.78, 5) is 27.9. The quantitative estimate of drug-likeness (QED) is 0.315. The summed E-state index contributed by atoms with van der Waals surface area (Å²) in [6, 6.07) is 25.2. The van der Waals surface area contributed by atoms with Gasteiger partial charge in [0.05, 0.1) is 0 Å². The van der Waals surface area contributed by atoms with Crippen molar-refractivity contribution < 1.29 is 14.3 Å². The van der Waals surface area contributed by atoms with Crippen LogP contribution in [0.15, 0.2) is 78.9 Å². The normalized spacial score (nSPS) is 10.6. The Bertz CT molecular complexity index is 1070. The Hall–Kier alpha value is -3.60. The highest BCUT2D eigenvalue weighted by atomic mass is 16.5. The van der Waals surface area contributed by atoms with Crippen LogP contribution in [0.4, 0.5) is 4.79 Å². The Balaban J connectivity index is 1.76. The second kappa shape index (κ2) is 14.0. The summed E-state index contributed by atoms with van der Waals surface area (Å²) in [7, 11) is 0. The van der Waals surface area contributed by atoms with E-state index in [1.807, 2.05) is 83.8 Å². The van der Waals surface area contributed by atoms with Gasteiger partial charge in [-0.25, -0.2) is 4.79 Å². The largest absolute Gasteiger partial charge is 0.445 e. The number of hydrogen-bond donors (Lipinski definition) is 1. The van der Waals surface area contributed by atoms with Crippen molar-refractivity contribution in [3.63, 3.8) is 0 Å². The molecule has 0 unspecified atom stereocenters. The van der Waals surface area contributed by atoms with Gasteiger partial charge in [-0.3, -0.25) is 4.79 Å². The standard InChI is InChI=1S/C30H36N2O3/c1-3-5-20-32(21-6-4-2)29(33)28-19-13-12-18-27(28)26-17-11-10-16-25(26)22-31-30(34)35-23-24-14-8-7-9-15-24/h7-19H,3-6,20-23H2,1-2H3,(H,31,34). The van der Waals surface area contributed by atoms with Crippen LogP contribution in [-0.4, -0.2) is 30.0 Å². The van der Waals surface area contributed by atoms with Crippen LogP contribution in [0.3, 0.4) is 0 Å². The van der Waals surface area contributed by atoms with E-state index in [1.165, 1.54) is 0 Å². The van der Waals surface area contributed by atoms with Crippen LogP contribution < -0.4 is 5.32 Å². The van der Waals surface area contributed by atoms with Crippen molar-refractivity contribution >= 4 is 12.0 Å². The number of nitrogens with one attached hydrogen (secondary N) is 1. The molecular formula is C30H36N2O3. The maximum atomic E-state index is 13.6. The summed E-state index contributed by atoms with van der Waals surface area (Å²) in [5, 5.41) is 2.85. The van der Waals surface area contributed by atoms with E-state index in [9.17, 15) is 9.59 Å². The van der Waals surface area contributed by atoms with Gasteiger partial charge >= 0.3 is 6.09 Å². The third-order valence-corrected chi connectivity index (χ3v) is 5.95. The number of unbranched alkanes of at least 4 members (excludes halogenated alkanes) is 2. The summed E-state index contributed by atoms with van der Waals surface area (Å²) in [6.07, 6.45) is 3.60. The van der Waals surface area contributed by atoms with Crippen LogP contribution in [0.5, 0.6) is 0 Å². The van der Waals surface area contributed by atoms with Gasteiger partial charge in [-0.1, -0.05) is 99.5 Å². The molecule has 0 bridgehead atoms. The number of rotatable bonds is 12. The Morgan fingerprint density at radius 1 is 0.771 bits per heavy atom. The monoisotopic (exact) mass is 472 g/mol. The van der Waals surface area contributed by atoms with Gasteiger partial charge in [0.25, 0.3) is 5.91 Å². The van der Waals surface area contributed by atoms with Crippen LogP contribution in [-0.2, 0) is 17.9 Å². The molecule has 0 saturated carbocycles. The van der Waals surface area contributed by atoms with Crippen LogP contribution in [0.25, 0.3) is 11.1 Å². The molecule has 5 nitrogen and oxygen atoms in total. The van der Waals surface area contributed by atoms with E-state index < -0.39 is 6.09 Å². The lowest BCUT2D eigenvalue weighted by molar-refractivity contribution is 0.0751. The minimum Gasteiger partial charge on any atom is -0.445 e. The fourth-order valence-corrected chi connectivity index (χ4v) is 3.97. The number of carbonyl (C=O) groups is 2. The Kier molecular flexibility index (Phi) is 10.4. The number of nitrogens with zero attached hydrogens (tertiary/aromatic N) is 1. The Morgan fingerprint density at radius 3 is 2.06 bits per heavy atom. The average molecular weight is 473 g/mol. The first-order valence-electron chi connectivity index (χ1n) is 12.5. The van der Waals surface area contributed by atoms with Crippen molar-refractivity contribution in [1.29, 1.82) is 0 Å². The Morgan fingerprint density at radius 2 is 1.37 bits per heavy atom. The maximum Gasteiger partial charge on any atom is 0.407 e. The molecule has 35 heavy (non-hydrogen) atoms. The Labute approximate surface area is 209 Å². The minimum absolute atomic E-state index is 0.0625. The zero-order valence-corrected chi connectivity index (χ0v) is 20.8. The van der Waals surface area contributed by atoms with Crippen molar-refractivity contribution in [3.05, 3.63) is 95.6 Å². The SMILES string of the molecule is CCCCN(CCCC)C(=O)c1ccccc1-c1ccccc1CNC(=O)OCc1ccccc1. The third kappa shape index (κ3) is 7.71. The van der Waals surface area contributed by atoms with Gasteiger partial charge in [0.1, 0.15) is 6.61 Å². The first-order chi connectivity index (χ1) is 17.1. The third-order valence-electron chi connectivity index (χ3n) is 5.95. The number of benzene rings is 3. The van der Waals surface area contributed by atoms with Crippen molar-refractivity contribution in [1.82, 2.24) is 10.2 Å². The summed E-state index contributed by atoms with van der Waals surface area (Å²) < 4.78 is 5.35. The molecule has 3 aromatic carbocycles. The highest BCUT2D eigenvalue weighted by molar-refractivity contribution is 6.01. The van der Waals surface area contributed by atoms with Gasteiger partial charge in [0, 0.05) is 25.2 Å². The summed E-state index contributed by atoms with van der Waals surface area (Å²) in [5.74, 6) is 0.0625. The van der Waals surface area contributed by atoms with Gasteiger partial charge < -0.3 is 15.0 Å².